The lowest BCUT2D eigenvalue weighted by Gasteiger charge is -2.27. The summed E-state index contributed by atoms with van der Waals surface area (Å²) < 4.78 is 1.15. The topological polar surface area (TPSA) is 29.3 Å². The fraction of sp³-hybridized carbons (Fsp3) is 0.286. The molecule has 3 rings (SSSR count). The zero-order chi connectivity index (χ0) is 12.5. The number of halogens is 1. The first kappa shape index (κ1) is 12.2. The van der Waals surface area contributed by atoms with E-state index in [1.807, 2.05) is 23.5 Å². The first-order valence-electron chi connectivity index (χ1n) is 6.04. The van der Waals surface area contributed by atoms with Gasteiger partial charge in [0, 0.05) is 34.7 Å². The van der Waals surface area contributed by atoms with Gasteiger partial charge in [-0.15, -0.1) is 11.3 Å². The highest BCUT2D eigenvalue weighted by Gasteiger charge is 2.17. The lowest BCUT2D eigenvalue weighted by atomic mass is 10.1. The van der Waals surface area contributed by atoms with E-state index in [4.69, 9.17) is 5.73 Å². The molecular weight excluding hydrogens is 308 g/mol. The molecule has 0 fully saturated rings. The smallest absolute Gasteiger partial charge is 0.0318 e. The van der Waals surface area contributed by atoms with Crippen LogP contribution in [0.4, 0.5) is 5.69 Å². The van der Waals surface area contributed by atoms with Crippen LogP contribution in [-0.4, -0.2) is 11.4 Å². The van der Waals surface area contributed by atoms with E-state index in [2.05, 4.69) is 38.3 Å². The van der Waals surface area contributed by atoms with E-state index in [1.54, 1.807) is 4.88 Å². The Morgan fingerprint density at radius 1 is 1.33 bits per heavy atom. The fourth-order valence-corrected chi connectivity index (χ4v) is 3.66. The summed E-state index contributed by atoms with van der Waals surface area (Å²) in [4.78, 5) is 4.03. The van der Waals surface area contributed by atoms with Gasteiger partial charge in [-0.1, -0.05) is 15.9 Å². The van der Waals surface area contributed by atoms with E-state index >= 15 is 0 Å². The Morgan fingerprint density at radius 2 is 2.22 bits per heavy atom. The Bertz CT molecular complexity index is 565. The standard InChI is InChI=1S/C14H15BrN2S/c15-13-2-1-12(16)7-11(13)9-17-5-3-14-10(8-17)4-6-18-14/h1-2,4,6-7H,3,5,8-9,16H2. The summed E-state index contributed by atoms with van der Waals surface area (Å²) in [5, 5.41) is 2.20. The van der Waals surface area contributed by atoms with Crippen LogP contribution in [0.5, 0.6) is 0 Å². The van der Waals surface area contributed by atoms with Crippen LogP contribution in [0.3, 0.4) is 0 Å². The molecule has 1 aliphatic rings. The Morgan fingerprint density at radius 3 is 3.11 bits per heavy atom. The van der Waals surface area contributed by atoms with Crippen LogP contribution in [-0.2, 0) is 19.5 Å². The normalized spacial score (nSPS) is 15.6. The highest BCUT2D eigenvalue weighted by Crippen LogP contribution is 2.27. The van der Waals surface area contributed by atoms with Crippen molar-refractivity contribution in [2.45, 2.75) is 19.5 Å². The molecule has 0 radical (unpaired) electrons. The Hall–Kier alpha value is -0.840. The van der Waals surface area contributed by atoms with E-state index in [9.17, 15) is 0 Å². The SMILES string of the molecule is Nc1ccc(Br)c(CN2CCc3sccc3C2)c1. The molecule has 0 bridgehead atoms. The van der Waals surface area contributed by atoms with Crippen molar-refractivity contribution in [1.82, 2.24) is 4.90 Å². The Balaban J connectivity index is 1.76. The van der Waals surface area contributed by atoms with Crippen LogP contribution < -0.4 is 5.73 Å². The highest BCUT2D eigenvalue weighted by molar-refractivity contribution is 9.10. The predicted molar refractivity (Wildman–Crippen MR) is 80.7 cm³/mol. The number of nitrogens with two attached hydrogens (primary N) is 1. The summed E-state index contributed by atoms with van der Waals surface area (Å²) in [6.45, 7) is 3.15. The molecule has 2 heterocycles. The Kier molecular flexibility index (Phi) is 3.41. The molecule has 94 valence electrons. The predicted octanol–water partition coefficient (Wildman–Crippen LogP) is 3.65. The average molecular weight is 323 g/mol. The van der Waals surface area contributed by atoms with Gasteiger partial charge in [0.25, 0.3) is 0 Å². The second-order valence-electron chi connectivity index (χ2n) is 4.68. The second kappa shape index (κ2) is 5.03. The van der Waals surface area contributed by atoms with E-state index in [0.29, 0.717) is 0 Å². The summed E-state index contributed by atoms with van der Waals surface area (Å²) in [6.07, 6.45) is 1.17. The van der Waals surface area contributed by atoms with E-state index in [-0.39, 0.29) is 0 Å². The van der Waals surface area contributed by atoms with Crippen molar-refractivity contribution in [2.75, 3.05) is 12.3 Å². The largest absolute Gasteiger partial charge is 0.399 e. The summed E-state index contributed by atoms with van der Waals surface area (Å²) in [5.41, 5.74) is 9.45. The Labute approximate surface area is 120 Å². The molecule has 4 heteroatoms. The fourth-order valence-electron chi connectivity index (χ4n) is 2.40. The first-order valence-corrected chi connectivity index (χ1v) is 7.71. The van der Waals surface area contributed by atoms with Crippen molar-refractivity contribution in [3.05, 3.63) is 50.1 Å². The first-order chi connectivity index (χ1) is 8.72. The van der Waals surface area contributed by atoms with E-state index < -0.39 is 0 Å². The maximum atomic E-state index is 5.85. The third-order valence-corrected chi connectivity index (χ3v) is 5.15. The van der Waals surface area contributed by atoms with Gasteiger partial charge < -0.3 is 5.73 Å². The van der Waals surface area contributed by atoms with E-state index in [1.165, 1.54) is 17.5 Å². The molecule has 0 atom stereocenters. The van der Waals surface area contributed by atoms with Crippen LogP contribution >= 0.6 is 27.3 Å². The lowest BCUT2D eigenvalue weighted by Crippen LogP contribution is -2.29. The summed E-state index contributed by atoms with van der Waals surface area (Å²) in [5.74, 6) is 0. The average Bonchev–Trinajstić information content (AvgIpc) is 2.81. The zero-order valence-electron chi connectivity index (χ0n) is 10.0. The summed E-state index contributed by atoms with van der Waals surface area (Å²) >= 11 is 5.48. The quantitative estimate of drug-likeness (QED) is 0.855. The molecule has 2 nitrogen and oxygen atoms in total. The van der Waals surface area contributed by atoms with Crippen molar-refractivity contribution in [2.24, 2.45) is 0 Å². The highest BCUT2D eigenvalue weighted by atomic mass is 79.9. The van der Waals surface area contributed by atoms with Crippen molar-refractivity contribution in [3.8, 4) is 0 Å². The molecule has 18 heavy (non-hydrogen) atoms. The third kappa shape index (κ3) is 2.46. The maximum Gasteiger partial charge on any atom is 0.0318 e. The van der Waals surface area contributed by atoms with Crippen LogP contribution in [0, 0.1) is 0 Å². The minimum atomic E-state index is 0.835. The molecule has 0 spiro atoms. The zero-order valence-corrected chi connectivity index (χ0v) is 12.4. The van der Waals surface area contributed by atoms with Gasteiger partial charge in [0.15, 0.2) is 0 Å². The minimum absolute atomic E-state index is 0.835. The number of thiophene rings is 1. The minimum Gasteiger partial charge on any atom is -0.399 e. The van der Waals surface area contributed by atoms with Crippen molar-refractivity contribution in [3.63, 3.8) is 0 Å². The number of nitrogen functional groups attached to an aromatic ring is 1. The number of fused-ring (bicyclic) bond motifs is 1. The molecule has 0 saturated carbocycles. The molecule has 0 aliphatic carbocycles. The van der Waals surface area contributed by atoms with Gasteiger partial charge in [0.05, 0.1) is 0 Å². The molecule has 2 aromatic rings. The van der Waals surface area contributed by atoms with Gasteiger partial charge in [0.2, 0.25) is 0 Å². The molecule has 0 unspecified atom stereocenters. The van der Waals surface area contributed by atoms with Gasteiger partial charge in [-0.05, 0) is 47.2 Å². The third-order valence-electron chi connectivity index (χ3n) is 3.35. The number of benzene rings is 1. The van der Waals surface area contributed by atoms with E-state index in [0.717, 1.165) is 29.8 Å². The van der Waals surface area contributed by atoms with Gasteiger partial charge in [-0.3, -0.25) is 4.90 Å². The molecule has 1 aromatic heterocycles. The van der Waals surface area contributed by atoms with Crippen molar-refractivity contribution >= 4 is 33.0 Å². The molecule has 2 N–H and O–H groups in total. The van der Waals surface area contributed by atoms with Gasteiger partial charge >= 0.3 is 0 Å². The number of hydrogen-bond donors (Lipinski definition) is 1. The van der Waals surface area contributed by atoms with Crippen LogP contribution in [0.2, 0.25) is 0 Å². The molecule has 0 amide bonds. The van der Waals surface area contributed by atoms with Crippen molar-refractivity contribution in [1.29, 1.82) is 0 Å². The van der Waals surface area contributed by atoms with Gasteiger partial charge in [-0.2, -0.15) is 0 Å². The maximum absolute atomic E-state index is 5.85. The summed E-state index contributed by atoms with van der Waals surface area (Å²) in [7, 11) is 0. The van der Waals surface area contributed by atoms with Gasteiger partial charge in [0.1, 0.15) is 0 Å². The second-order valence-corrected chi connectivity index (χ2v) is 6.54. The summed E-state index contributed by atoms with van der Waals surface area (Å²) in [6, 6.07) is 8.28. The van der Waals surface area contributed by atoms with Crippen LogP contribution in [0.15, 0.2) is 34.1 Å². The number of nitrogens with zero attached hydrogens (tertiary/aromatic N) is 1. The number of rotatable bonds is 2. The molecular formula is C14H15BrN2S. The van der Waals surface area contributed by atoms with Crippen LogP contribution in [0.25, 0.3) is 0 Å². The molecule has 1 aliphatic heterocycles. The number of anilines is 1. The monoisotopic (exact) mass is 322 g/mol. The lowest BCUT2D eigenvalue weighted by molar-refractivity contribution is 0.247. The number of hydrogen-bond acceptors (Lipinski definition) is 3. The molecule has 1 aromatic carbocycles. The van der Waals surface area contributed by atoms with Gasteiger partial charge in [-0.25, -0.2) is 0 Å². The molecule has 0 saturated heterocycles. The van der Waals surface area contributed by atoms with Crippen molar-refractivity contribution < 1.29 is 0 Å². The van der Waals surface area contributed by atoms with Crippen LogP contribution in [0.1, 0.15) is 16.0 Å².